The molecule has 0 N–H and O–H groups in total. The van der Waals surface area contributed by atoms with E-state index < -0.39 is 0 Å². The maximum absolute atomic E-state index is 2.16. The molecule has 0 nitrogen and oxygen atoms in total. The molecule has 0 fully saturated rings. The van der Waals surface area contributed by atoms with Crippen LogP contribution in [0, 0.1) is 0 Å². The van der Waals surface area contributed by atoms with E-state index in [9.17, 15) is 0 Å². The zero-order valence-electron chi connectivity index (χ0n) is 20.1. The van der Waals surface area contributed by atoms with Crippen LogP contribution in [0.5, 0.6) is 0 Å². The molecule has 0 amide bonds. The first-order valence-corrected chi connectivity index (χ1v) is 11.8. The normalized spacial score (nSPS) is 9.44. The Kier molecular flexibility index (Phi) is 13.4. The summed E-state index contributed by atoms with van der Waals surface area (Å²) in [5, 5.41) is 0. The molecule has 0 aromatic heterocycles. The second-order valence-electron chi connectivity index (χ2n) is 8.26. The summed E-state index contributed by atoms with van der Waals surface area (Å²) in [4.78, 5) is 0. The van der Waals surface area contributed by atoms with Crippen LogP contribution in [0.15, 0.2) is 158 Å². The Balaban J connectivity index is 0.000000186. The first-order chi connectivity index (χ1) is 16.9. The van der Waals surface area contributed by atoms with E-state index in [-0.39, 0.29) is 34.1 Å². The maximum atomic E-state index is 2.16. The summed E-state index contributed by atoms with van der Waals surface area (Å²) in [6.45, 7) is 0. The molecule has 0 unspecified atom stereocenters. The van der Waals surface area contributed by atoms with Gasteiger partial charge in [-0.05, 0) is 12.8 Å². The van der Waals surface area contributed by atoms with Gasteiger partial charge in [-0.15, -0.1) is 0 Å². The molecule has 6 aromatic carbocycles. The topological polar surface area (TPSA) is 0 Å². The zero-order chi connectivity index (χ0) is 23.3. The van der Waals surface area contributed by atoms with Gasteiger partial charge in [0.2, 0.25) is 0 Å². The third kappa shape index (κ3) is 9.86. The van der Waals surface area contributed by atoms with Crippen molar-refractivity contribution in [1.29, 1.82) is 0 Å². The molecule has 2 heteroatoms. The summed E-state index contributed by atoms with van der Waals surface area (Å²) >= 11 is 0. The molecule has 0 atom stereocenters. The van der Waals surface area contributed by atoms with E-state index in [2.05, 4.69) is 158 Å². The second-order valence-corrected chi connectivity index (χ2v) is 8.26. The van der Waals surface area contributed by atoms with Gasteiger partial charge in [0.25, 0.3) is 0 Å². The molecule has 36 heavy (non-hydrogen) atoms. The summed E-state index contributed by atoms with van der Waals surface area (Å²) in [6, 6.07) is 54.7. The van der Waals surface area contributed by atoms with Crippen molar-refractivity contribution < 1.29 is 34.1 Å². The predicted molar refractivity (Wildman–Crippen MR) is 146 cm³/mol. The van der Waals surface area contributed by atoms with Gasteiger partial charge in [-0.1, -0.05) is 71.8 Å². The van der Waals surface area contributed by atoms with Crippen molar-refractivity contribution in [3.05, 3.63) is 180 Å². The standard InChI is InChI=1S/2C12H11.C10H8.2Fe/c2*1-2-6-11(7-3-1)10-12-8-4-5-9-12;1-2-6-9(5-1)10-7-3-4-8-10;;/h2*1-9H,10H2;1-8H;;/q2*-1;-6;;. The summed E-state index contributed by atoms with van der Waals surface area (Å²) in [7, 11) is 0. The van der Waals surface area contributed by atoms with Crippen LogP contribution in [0.2, 0.25) is 0 Å². The van der Waals surface area contributed by atoms with Gasteiger partial charge in [0.1, 0.15) is 0 Å². The molecule has 6 aromatic rings. The minimum atomic E-state index is 0. The van der Waals surface area contributed by atoms with E-state index >= 15 is 0 Å². The Morgan fingerprint density at radius 2 is 0.806 bits per heavy atom. The SMILES string of the molecule is [Fe].[Fe].c1cc[c-](-[c-]2[cH-][cH-][cH-][cH-]2)c1.c1ccc(C[c-]2cccc2)cc1.c1ccc(C[c-]2cccc2)cc1. The first kappa shape index (κ1) is 29.1. The van der Waals surface area contributed by atoms with E-state index in [1.807, 2.05) is 0 Å². The van der Waals surface area contributed by atoms with Gasteiger partial charge in [-0.3, -0.25) is 0 Å². The summed E-state index contributed by atoms with van der Waals surface area (Å²) in [5.74, 6) is 0. The van der Waals surface area contributed by atoms with Crippen molar-refractivity contribution in [2.24, 2.45) is 0 Å². The molecule has 0 spiro atoms. The largest absolute Gasteiger partial charge is 0.565 e. The van der Waals surface area contributed by atoms with E-state index in [0.717, 1.165) is 12.8 Å². The predicted octanol–water partition coefficient (Wildman–Crippen LogP) is 8.78. The minimum absolute atomic E-state index is 0. The van der Waals surface area contributed by atoms with E-state index in [4.69, 9.17) is 0 Å². The van der Waals surface area contributed by atoms with Crippen molar-refractivity contribution in [3.8, 4) is 11.1 Å². The van der Waals surface area contributed by atoms with Crippen LogP contribution in [0.25, 0.3) is 11.1 Å². The molecule has 0 radical (unpaired) electrons. The zero-order valence-corrected chi connectivity index (χ0v) is 22.3. The van der Waals surface area contributed by atoms with Gasteiger partial charge in [0, 0.05) is 34.1 Å². The van der Waals surface area contributed by atoms with Crippen molar-refractivity contribution in [3.63, 3.8) is 0 Å². The molecule has 0 saturated carbocycles. The fourth-order valence-corrected chi connectivity index (χ4v) is 3.86. The van der Waals surface area contributed by atoms with Crippen LogP contribution < -0.4 is 0 Å². The van der Waals surface area contributed by atoms with Gasteiger partial charge in [0.15, 0.2) is 0 Å². The van der Waals surface area contributed by atoms with E-state index in [1.54, 1.807) is 0 Å². The van der Waals surface area contributed by atoms with Gasteiger partial charge >= 0.3 is 0 Å². The van der Waals surface area contributed by atoms with Crippen LogP contribution >= 0.6 is 0 Å². The maximum Gasteiger partial charge on any atom is 0 e. The molecule has 0 bridgehead atoms. The Labute approximate surface area is 237 Å². The molecule has 6 rings (SSSR count). The van der Waals surface area contributed by atoms with Crippen molar-refractivity contribution in [2.45, 2.75) is 12.8 Å². The molecule has 0 aliphatic heterocycles. The first-order valence-electron chi connectivity index (χ1n) is 11.8. The Morgan fingerprint density at radius 1 is 0.444 bits per heavy atom. The minimum Gasteiger partial charge on any atom is -0.565 e. The Morgan fingerprint density at radius 3 is 1.19 bits per heavy atom. The van der Waals surface area contributed by atoms with Gasteiger partial charge in [0.05, 0.1) is 0 Å². The fourth-order valence-electron chi connectivity index (χ4n) is 3.86. The molecular weight excluding hydrogens is 520 g/mol. The number of hydrogen-bond acceptors (Lipinski definition) is 0. The van der Waals surface area contributed by atoms with Crippen LogP contribution in [-0.2, 0) is 47.0 Å². The third-order valence-electron chi connectivity index (χ3n) is 5.62. The van der Waals surface area contributed by atoms with Crippen LogP contribution in [-0.4, -0.2) is 0 Å². The average molecular weight is 550 g/mol. The van der Waals surface area contributed by atoms with Crippen LogP contribution in [0.4, 0.5) is 0 Å². The third-order valence-corrected chi connectivity index (χ3v) is 5.62. The summed E-state index contributed by atoms with van der Waals surface area (Å²) in [6.07, 6.45) is 2.10. The van der Waals surface area contributed by atoms with Crippen LogP contribution in [0.3, 0.4) is 0 Å². The van der Waals surface area contributed by atoms with Crippen LogP contribution in [0.1, 0.15) is 22.3 Å². The molecular formula is C34H30Fe2-8. The Bertz CT molecular complexity index is 1140. The summed E-state index contributed by atoms with van der Waals surface area (Å²) < 4.78 is 0. The molecule has 0 saturated heterocycles. The number of benzene rings is 2. The average Bonchev–Trinajstić information content (AvgIpc) is 3.70. The smallest absolute Gasteiger partial charge is 0 e. The fraction of sp³-hybridized carbons (Fsp3) is 0.0588. The monoisotopic (exact) mass is 550 g/mol. The van der Waals surface area contributed by atoms with Gasteiger partial charge < -0.3 is 59.7 Å². The number of rotatable bonds is 5. The van der Waals surface area contributed by atoms with Gasteiger partial charge in [-0.2, -0.15) is 35.4 Å². The van der Waals surface area contributed by atoms with Gasteiger partial charge in [-0.25, -0.2) is 24.3 Å². The van der Waals surface area contributed by atoms with E-state index in [1.165, 1.54) is 33.4 Å². The second kappa shape index (κ2) is 16.5. The quantitative estimate of drug-likeness (QED) is 0.149. The van der Waals surface area contributed by atoms with Crippen molar-refractivity contribution >= 4 is 0 Å². The van der Waals surface area contributed by atoms with Crippen molar-refractivity contribution in [1.82, 2.24) is 0 Å². The molecule has 0 aliphatic rings. The molecule has 190 valence electrons. The number of hydrogen-bond donors (Lipinski definition) is 0. The van der Waals surface area contributed by atoms with Crippen molar-refractivity contribution in [2.75, 3.05) is 0 Å². The Hall–Kier alpha value is -3.12. The van der Waals surface area contributed by atoms with E-state index in [0.29, 0.717) is 0 Å². The molecule has 0 heterocycles. The summed E-state index contributed by atoms with van der Waals surface area (Å²) in [5.41, 5.74) is 8.16. The molecule has 0 aliphatic carbocycles.